The van der Waals surface area contributed by atoms with Gasteiger partial charge in [-0.1, -0.05) is 64.1 Å². The Kier molecular flexibility index (Phi) is 12.7. The van der Waals surface area contributed by atoms with Gasteiger partial charge in [0.05, 0.1) is 50.1 Å². The number of rotatable bonds is 11. The maximum absolute atomic E-state index is 14.0. The van der Waals surface area contributed by atoms with Crippen LogP contribution < -0.4 is 10.6 Å². The molecule has 330 valence electrons. The van der Waals surface area contributed by atoms with Gasteiger partial charge in [-0.15, -0.1) is 0 Å². The molecule has 9 rings (SSSR count). The number of aromatic amines is 2. The third kappa shape index (κ3) is 8.44. The zero-order valence-corrected chi connectivity index (χ0v) is 37.0. The third-order valence-electron chi connectivity index (χ3n) is 13.8. The number of alkyl carbamates (subject to hydrolysis) is 2. The molecule has 0 radical (unpaired) electrons. The molecule has 1 saturated carbocycles. The van der Waals surface area contributed by atoms with Gasteiger partial charge >= 0.3 is 12.2 Å². The van der Waals surface area contributed by atoms with E-state index in [4.69, 9.17) is 19.4 Å². The molecule has 5 aliphatic rings. The summed E-state index contributed by atoms with van der Waals surface area (Å²) in [5, 5.41) is 5.51. The second kappa shape index (κ2) is 18.4. The Morgan fingerprint density at radius 2 is 1.03 bits per heavy atom. The molecule has 2 aliphatic heterocycles. The van der Waals surface area contributed by atoms with Crippen molar-refractivity contribution in [2.75, 3.05) is 27.3 Å². The van der Waals surface area contributed by atoms with Crippen LogP contribution in [-0.4, -0.2) is 93.1 Å². The number of hydrogen-bond donors (Lipinski definition) is 4. The number of methoxy groups -OCH3 is 2. The first-order valence-corrected chi connectivity index (χ1v) is 22.6. The molecule has 62 heavy (non-hydrogen) atoms. The predicted molar refractivity (Wildman–Crippen MR) is 236 cm³/mol. The number of carbonyl (C=O) groups excluding carboxylic acids is 4. The highest BCUT2D eigenvalue weighted by Gasteiger charge is 2.40. The van der Waals surface area contributed by atoms with Crippen LogP contribution in [0, 0.1) is 11.8 Å². The molecule has 4 atom stereocenters. The molecule has 4 heterocycles. The van der Waals surface area contributed by atoms with Gasteiger partial charge in [-0.25, -0.2) is 19.6 Å². The maximum atomic E-state index is 14.0. The molecule has 2 aromatic heterocycles. The number of fused-ring (bicyclic) bond motifs is 2. The molecule has 4 aromatic rings. The predicted octanol–water partition coefficient (Wildman–Crippen LogP) is 8.76. The Morgan fingerprint density at radius 3 is 1.52 bits per heavy atom. The van der Waals surface area contributed by atoms with Crippen molar-refractivity contribution in [3.05, 3.63) is 71.6 Å². The Morgan fingerprint density at radius 1 is 0.597 bits per heavy atom. The van der Waals surface area contributed by atoms with Gasteiger partial charge in [-0.2, -0.15) is 0 Å². The minimum atomic E-state index is -0.691. The summed E-state index contributed by atoms with van der Waals surface area (Å²) in [5.41, 5.74) is 9.39. The number of aromatic nitrogens is 4. The van der Waals surface area contributed by atoms with E-state index in [9.17, 15) is 19.2 Å². The second-order valence-corrected chi connectivity index (χ2v) is 18.3. The molecule has 0 spiro atoms. The molecule has 14 heteroatoms. The van der Waals surface area contributed by atoms with Crippen molar-refractivity contribution in [3.63, 3.8) is 0 Å². The van der Waals surface area contributed by atoms with Gasteiger partial charge in [0.15, 0.2) is 0 Å². The minimum absolute atomic E-state index is 0.106. The molecule has 3 aliphatic carbocycles. The summed E-state index contributed by atoms with van der Waals surface area (Å²) in [6, 6.07) is 11.4. The summed E-state index contributed by atoms with van der Waals surface area (Å²) in [5.74, 6) is 2.05. The van der Waals surface area contributed by atoms with E-state index in [1.165, 1.54) is 67.7 Å². The number of benzene rings is 2. The van der Waals surface area contributed by atoms with E-state index in [1.807, 2.05) is 49.9 Å². The summed E-state index contributed by atoms with van der Waals surface area (Å²) in [6.07, 6.45) is 12.7. The van der Waals surface area contributed by atoms with Crippen molar-refractivity contribution in [1.29, 1.82) is 0 Å². The number of imidazole rings is 2. The Labute approximate surface area is 364 Å². The molecular formula is C48H62N8O6. The van der Waals surface area contributed by atoms with Gasteiger partial charge in [0.1, 0.15) is 23.7 Å². The van der Waals surface area contributed by atoms with Crippen LogP contribution in [0.1, 0.15) is 139 Å². The van der Waals surface area contributed by atoms with E-state index in [0.29, 0.717) is 24.9 Å². The largest absolute Gasteiger partial charge is 0.453 e. The fourth-order valence-electron chi connectivity index (χ4n) is 10.5. The highest BCUT2D eigenvalue weighted by Crippen LogP contribution is 2.55. The molecule has 4 amide bonds. The molecule has 3 fully saturated rings. The normalized spacial score (nSPS) is 21.9. The van der Waals surface area contributed by atoms with Crippen molar-refractivity contribution in [3.8, 4) is 33.6 Å². The van der Waals surface area contributed by atoms with Crippen LogP contribution in [0.2, 0.25) is 0 Å². The van der Waals surface area contributed by atoms with E-state index >= 15 is 0 Å². The third-order valence-corrected chi connectivity index (χ3v) is 13.8. The number of carbonyl (C=O) groups is 4. The van der Waals surface area contributed by atoms with Crippen molar-refractivity contribution < 1.29 is 28.7 Å². The maximum Gasteiger partial charge on any atom is 0.407 e. The van der Waals surface area contributed by atoms with Gasteiger partial charge in [-0.05, 0) is 116 Å². The lowest BCUT2D eigenvalue weighted by atomic mass is 9.64. The molecule has 2 bridgehead atoms. The topological polar surface area (TPSA) is 175 Å². The van der Waals surface area contributed by atoms with Gasteiger partial charge < -0.3 is 39.9 Å². The number of nitrogens with one attached hydrogen (secondary N) is 4. The van der Waals surface area contributed by atoms with E-state index in [-0.39, 0.29) is 35.7 Å². The number of likely N-dealkylation sites (tertiary alicyclic amines) is 2. The molecule has 4 unspecified atom stereocenters. The lowest BCUT2D eigenvalue weighted by Gasteiger charge is -2.41. The van der Waals surface area contributed by atoms with Crippen LogP contribution in [0.4, 0.5) is 9.59 Å². The Balaban J connectivity index is 1.04. The highest BCUT2D eigenvalue weighted by molar-refractivity contribution is 5.87. The van der Waals surface area contributed by atoms with Crippen molar-refractivity contribution in [1.82, 2.24) is 40.4 Å². The van der Waals surface area contributed by atoms with Crippen LogP contribution in [0.5, 0.6) is 0 Å². The quantitative estimate of drug-likeness (QED) is 0.116. The summed E-state index contributed by atoms with van der Waals surface area (Å²) in [7, 11) is 2.62. The first kappa shape index (κ1) is 43.0. The lowest BCUT2D eigenvalue weighted by molar-refractivity contribution is -0.139. The number of hydrogen-bond acceptors (Lipinski definition) is 8. The molecule has 2 aromatic carbocycles. The van der Waals surface area contributed by atoms with E-state index in [1.54, 1.807) is 0 Å². The van der Waals surface area contributed by atoms with Crippen LogP contribution in [0.3, 0.4) is 0 Å². The Hall–Kier alpha value is -5.66. The van der Waals surface area contributed by atoms with Crippen molar-refractivity contribution in [2.24, 2.45) is 11.8 Å². The smallest absolute Gasteiger partial charge is 0.407 e. The lowest BCUT2D eigenvalue weighted by Crippen LogP contribution is -2.53. The van der Waals surface area contributed by atoms with Gasteiger partial charge in [0, 0.05) is 18.7 Å². The number of amides is 4. The fourth-order valence-corrected chi connectivity index (χ4v) is 10.5. The minimum Gasteiger partial charge on any atom is -0.453 e. The summed E-state index contributed by atoms with van der Waals surface area (Å²) >= 11 is 0. The SMILES string of the molecule is COC(=O)NC(C(=O)N1CCCCC1c1ncc(-c2ccc(-c3ccc(-c4cnc(C5CCCCN5C(=O)C(NC(=O)OC)C(C)C)[nH]4)c4c3C3CCC4CC3)cc2)[nH]1)C(C)C. The van der Waals surface area contributed by atoms with Crippen molar-refractivity contribution >= 4 is 24.0 Å². The number of ether oxygens (including phenoxy) is 2. The summed E-state index contributed by atoms with van der Waals surface area (Å²) < 4.78 is 9.66. The van der Waals surface area contributed by atoms with E-state index < -0.39 is 24.3 Å². The fraction of sp³-hybridized carbons (Fsp3) is 0.542. The monoisotopic (exact) mass is 846 g/mol. The summed E-state index contributed by atoms with van der Waals surface area (Å²) in [6.45, 7) is 8.92. The van der Waals surface area contributed by atoms with Crippen LogP contribution in [0.15, 0.2) is 48.8 Å². The van der Waals surface area contributed by atoms with Crippen LogP contribution in [-0.2, 0) is 19.1 Å². The van der Waals surface area contributed by atoms with Gasteiger partial charge in [0.25, 0.3) is 0 Å². The number of piperidine rings is 2. The zero-order valence-electron chi connectivity index (χ0n) is 37.0. The highest BCUT2D eigenvalue weighted by atomic mass is 16.5. The number of H-pyrrole nitrogens is 2. The molecule has 2 saturated heterocycles. The summed E-state index contributed by atoms with van der Waals surface area (Å²) in [4.78, 5) is 72.8. The van der Waals surface area contributed by atoms with E-state index in [0.717, 1.165) is 67.1 Å². The first-order valence-electron chi connectivity index (χ1n) is 22.6. The molecular weight excluding hydrogens is 785 g/mol. The zero-order chi connectivity index (χ0) is 43.7. The average molecular weight is 847 g/mol. The molecule has 4 N–H and O–H groups in total. The second-order valence-electron chi connectivity index (χ2n) is 18.3. The number of nitrogens with zero attached hydrogens (tertiary/aromatic N) is 4. The van der Waals surface area contributed by atoms with Gasteiger partial charge in [-0.3, -0.25) is 9.59 Å². The van der Waals surface area contributed by atoms with E-state index in [2.05, 4.69) is 57.0 Å². The van der Waals surface area contributed by atoms with Gasteiger partial charge in [0.2, 0.25) is 11.8 Å². The van der Waals surface area contributed by atoms with Crippen LogP contribution >= 0.6 is 0 Å². The Bertz CT molecular complexity index is 2260. The average Bonchev–Trinajstić information content (AvgIpc) is 4.01. The van der Waals surface area contributed by atoms with Crippen molar-refractivity contribution in [2.45, 2.75) is 128 Å². The standard InChI is InChI=1S/C48H62N8O6/c1-27(2)41(53-47(59)61-5)45(57)55-23-9-7-11-37(55)43-49-25-35(51-43)30-15-13-29(14-16-30)33-21-22-34(40-32-19-17-31(18-20-32)39(33)40)36-26-50-44(52-36)38-12-8-10-24-56(38)46(58)42(28(3)4)54-48(60)62-6/h13-16,21-22,25-28,31-32,37-38,41-42H,7-12,17-20,23-24H2,1-6H3,(H,49,51)(H,50,52)(H,53,59)(H,54,60). The van der Waals surface area contributed by atoms with Crippen LogP contribution in [0.25, 0.3) is 33.6 Å². The molecule has 14 nitrogen and oxygen atoms in total. The first-order chi connectivity index (χ1) is 30.0.